The van der Waals surface area contributed by atoms with Gasteiger partial charge < -0.3 is 15.1 Å². The molecule has 1 aromatic heterocycles. The standard InChI is InChI=1S/C21H37N5/c1-5-25(15-18-6-10-22-11-7-18)19-8-12-26(13-9-19)20-14-17(4)23-21(24-20)16(2)3/h14,16,18-19,22H,5-13,15H2,1-4H3. The Morgan fingerprint density at radius 3 is 2.46 bits per heavy atom. The molecule has 0 aromatic carbocycles. The topological polar surface area (TPSA) is 44.3 Å². The van der Waals surface area contributed by atoms with E-state index < -0.39 is 0 Å². The molecule has 3 rings (SSSR count). The van der Waals surface area contributed by atoms with Crippen LogP contribution in [0.15, 0.2) is 6.07 Å². The lowest BCUT2D eigenvalue weighted by Crippen LogP contribution is -2.47. The van der Waals surface area contributed by atoms with Gasteiger partial charge in [0, 0.05) is 43.4 Å². The van der Waals surface area contributed by atoms with Gasteiger partial charge in [-0.1, -0.05) is 20.8 Å². The molecule has 0 aliphatic carbocycles. The maximum absolute atomic E-state index is 4.83. The zero-order valence-electron chi connectivity index (χ0n) is 17.2. The Balaban J connectivity index is 1.57. The summed E-state index contributed by atoms with van der Waals surface area (Å²) in [6.07, 6.45) is 5.18. The third-order valence-corrected chi connectivity index (χ3v) is 6.04. The predicted molar refractivity (Wildman–Crippen MR) is 109 cm³/mol. The van der Waals surface area contributed by atoms with E-state index in [2.05, 4.69) is 53.9 Å². The van der Waals surface area contributed by atoms with E-state index in [1.165, 1.54) is 51.9 Å². The lowest BCUT2D eigenvalue weighted by molar-refractivity contribution is 0.139. The highest BCUT2D eigenvalue weighted by Gasteiger charge is 2.27. The fraction of sp³-hybridized carbons (Fsp3) is 0.810. The van der Waals surface area contributed by atoms with Gasteiger partial charge in [-0.3, -0.25) is 0 Å². The Morgan fingerprint density at radius 1 is 1.15 bits per heavy atom. The molecule has 2 fully saturated rings. The first-order chi connectivity index (χ1) is 12.6. The van der Waals surface area contributed by atoms with E-state index in [1.807, 2.05) is 0 Å². The van der Waals surface area contributed by atoms with Gasteiger partial charge in [0.15, 0.2) is 0 Å². The molecule has 2 saturated heterocycles. The Morgan fingerprint density at radius 2 is 1.85 bits per heavy atom. The molecule has 146 valence electrons. The summed E-state index contributed by atoms with van der Waals surface area (Å²) in [6, 6.07) is 2.89. The van der Waals surface area contributed by atoms with Crippen LogP contribution in [0.2, 0.25) is 0 Å². The molecule has 5 heteroatoms. The molecule has 5 nitrogen and oxygen atoms in total. The Bertz CT molecular complexity index is 560. The van der Waals surface area contributed by atoms with Crippen molar-refractivity contribution < 1.29 is 0 Å². The molecule has 3 heterocycles. The van der Waals surface area contributed by atoms with Gasteiger partial charge in [0.2, 0.25) is 0 Å². The molecule has 26 heavy (non-hydrogen) atoms. The van der Waals surface area contributed by atoms with Crippen LogP contribution in [0.3, 0.4) is 0 Å². The lowest BCUT2D eigenvalue weighted by Gasteiger charge is -2.40. The van der Waals surface area contributed by atoms with Crippen LogP contribution in [0.25, 0.3) is 0 Å². The molecule has 0 atom stereocenters. The SMILES string of the molecule is CCN(CC1CCNCC1)C1CCN(c2cc(C)nc(C(C)C)n2)CC1. The average Bonchev–Trinajstić information content (AvgIpc) is 2.66. The van der Waals surface area contributed by atoms with Crippen molar-refractivity contribution in [2.45, 2.75) is 65.3 Å². The molecule has 0 saturated carbocycles. The van der Waals surface area contributed by atoms with Crippen molar-refractivity contribution in [1.29, 1.82) is 0 Å². The number of hydrogen-bond acceptors (Lipinski definition) is 5. The van der Waals surface area contributed by atoms with Crippen LogP contribution in [0, 0.1) is 12.8 Å². The van der Waals surface area contributed by atoms with Crippen molar-refractivity contribution >= 4 is 5.82 Å². The number of rotatable bonds is 6. The van der Waals surface area contributed by atoms with Crippen LogP contribution in [0.1, 0.15) is 63.9 Å². The molecular formula is C21H37N5. The Labute approximate surface area is 159 Å². The van der Waals surface area contributed by atoms with Crippen molar-refractivity contribution in [1.82, 2.24) is 20.2 Å². The first kappa shape index (κ1) is 19.6. The zero-order valence-corrected chi connectivity index (χ0v) is 17.2. The highest BCUT2D eigenvalue weighted by molar-refractivity contribution is 5.40. The predicted octanol–water partition coefficient (Wildman–Crippen LogP) is 3.20. The third-order valence-electron chi connectivity index (χ3n) is 6.04. The largest absolute Gasteiger partial charge is 0.356 e. The van der Waals surface area contributed by atoms with Crippen molar-refractivity contribution in [3.8, 4) is 0 Å². The van der Waals surface area contributed by atoms with Gasteiger partial charge in [0.1, 0.15) is 11.6 Å². The molecule has 0 unspecified atom stereocenters. The number of anilines is 1. The van der Waals surface area contributed by atoms with Crippen molar-refractivity contribution in [3.63, 3.8) is 0 Å². The smallest absolute Gasteiger partial charge is 0.133 e. The quantitative estimate of drug-likeness (QED) is 0.845. The lowest BCUT2D eigenvalue weighted by atomic mass is 9.95. The van der Waals surface area contributed by atoms with Gasteiger partial charge in [-0.15, -0.1) is 0 Å². The van der Waals surface area contributed by atoms with Crippen LogP contribution in [0.5, 0.6) is 0 Å². The maximum Gasteiger partial charge on any atom is 0.133 e. The summed E-state index contributed by atoms with van der Waals surface area (Å²) in [7, 11) is 0. The highest BCUT2D eigenvalue weighted by Crippen LogP contribution is 2.25. The first-order valence-electron chi connectivity index (χ1n) is 10.6. The minimum atomic E-state index is 0.381. The molecule has 0 radical (unpaired) electrons. The normalized spacial score (nSPS) is 20.3. The van der Waals surface area contributed by atoms with E-state index in [-0.39, 0.29) is 0 Å². The molecule has 0 bridgehead atoms. The minimum absolute atomic E-state index is 0.381. The van der Waals surface area contributed by atoms with Gasteiger partial charge >= 0.3 is 0 Å². The van der Waals surface area contributed by atoms with Gasteiger partial charge in [-0.25, -0.2) is 9.97 Å². The second-order valence-corrected chi connectivity index (χ2v) is 8.38. The van der Waals surface area contributed by atoms with Gasteiger partial charge in [0.05, 0.1) is 0 Å². The van der Waals surface area contributed by atoms with Gasteiger partial charge in [0.25, 0.3) is 0 Å². The number of hydrogen-bond donors (Lipinski definition) is 1. The molecule has 2 aliphatic heterocycles. The van der Waals surface area contributed by atoms with Crippen molar-refractivity contribution in [2.75, 3.05) is 44.2 Å². The molecule has 0 amide bonds. The number of piperidine rings is 2. The number of aryl methyl sites for hydroxylation is 1. The zero-order chi connectivity index (χ0) is 18.5. The molecule has 0 spiro atoms. The highest BCUT2D eigenvalue weighted by atomic mass is 15.2. The summed E-state index contributed by atoms with van der Waals surface area (Å²) in [6.45, 7) is 15.8. The fourth-order valence-electron chi connectivity index (χ4n) is 4.39. The van der Waals surface area contributed by atoms with E-state index in [9.17, 15) is 0 Å². The summed E-state index contributed by atoms with van der Waals surface area (Å²) in [4.78, 5) is 14.6. The van der Waals surface area contributed by atoms with Gasteiger partial charge in [-0.2, -0.15) is 0 Å². The minimum Gasteiger partial charge on any atom is -0.356 e. The van der Waals surface area contributed by atoms with E-state index in [0.717, 1.165) is 42.4 Å². The first-order valence-corrected chi connectivity index (χ1v) is 10.6. The van der Waals surface area contributed by atoms with E-state index in [4.69, 9.17) is 4.98 Å². The van der Waals surface area contributed by atoms with Gasteiger partial charge in [-0.05, 0) is 58.2 Å². The summed E-state index contributed by atoms with van der Waals surface area (Å²) in [5, 5.41) is 3.49. The Hall–Kier alpha value is -1.20. The van der Waals surface area contributed by atoms with Crippen molar-refractivity contribution in [2.24, 2.45) is 5.92 Å². The average molecular weight is 360 g/mol. The molecule has 1 N–H and O–H groups in total. The number of nitrogens with one attached hydrogen (secondary N) is 1. The number of nitrogens with zero attached hydrogens (tertiary/aromatic N) is 4. The summed E-state index contributed by atoms with van der Waals surface area (Å²) < 4.78 is 0. The second kappa shape index (κ2) is 9.14. The van der Waals surface area contributed by atoms with E-state index in [1.54, 1.807) is 0 Å². The van der Waals surface area contributed by atoms with Crippen LogP contribution < -0.4 is 10.2 Å². The van der Waals surface area contributed by atoms with E-state index in [0.29, 0.717) is 5.92 Å². The molecular weight excluding hydrogens is 322 g/mol. The van der Waals surface area contributed by atoms with Crippen LogP contribution >= 0.6 is 0 Å². The Kier molecular flexibility index (Phi) is 6.87. The third kappa shape index (κ3) is 4.95. The molecule has 2 aliphatic rings. The van der Waals surface area contributed by atoms with Crippen molar-refractivity contribution in [3.05, 3.63) is 17.6 Å². The fourth-order valence-corrected chi connectivity index (χ4v) is 4.39. The van der Waals surface area contributed by atoms with Crippen LogP contribution in [-0.2, 0) is 0 Å². The number of aromatic nitrogens is 2. The van der Waals surface area contributed by atoms with Crippen LogP contribution in [0.4, 0.5) is 5.82 Å². The van der Waals surface area contributed by atoms with E-state index >= 15 is 0 Å². The summed E-state index contributed by atoms with van der Waals surface area (Å²) in [5.41, 5.74) is 1.09. The second-order valence-electron chi connectivity index (χ2n) is 8.38. The maximum atomic E-state index is 4.83. The summed E-state index contributed by atoms with van der Waals surface area (Å²) in [5.74, 6) is 3.36. The van der Waals surface area contributed by atoms with Crippen LogP contribution in [-0.4, -0.2) is 60.2 Å². The monoisotopic (exact) mass is 359 g/mol. The summed E-state index contributed by atoms with van der Waals surface area (Å²) >= 11 is 0. The molecule has 1 aromatic rings.